The Bertz CT molecular complexity index is 791. The van der Waals surface area contributed by atoms with Gasteiger partial charge in [-0.05, 0) is 87.3 Å². The average Bonchev–Trinajstić information content (AvgIpc) is 2.81. The quantitative estimate of drug-likeness (QED) is 0.199. The first-order chi connectivity index (χ1) is 15.9. The molecule has 0 radical (unpaired) electrons. The first kappa shape index (κ1) is 29.3. The van der Waals surface area contributed by atoms with Gasteiger partial charge in [-0.15, -0.1) is 12.4 Å². The van der Waals surface area contributed by atoms with E-state index in [2.05, 4.69) is 16.0 Å². The van der Waals surface area contributed by atoms with Gasteiger partial charge in [-0.2, -0.15) is 0 Å². The Hall–Kier alpha value is -2.69. The largest absolute Gasteiger partial charge is 0.356 e. The van der Waals surface area contributed by atoms with E-state index in [1.807, 2.05) is 48.5 Å². The fourth-order valence-electron chi connectivity index (χ4n) is 3.19. The van der Waals surface area contributed by atoms with Gasteiger partial charge in [-0.1, -0.05) is 12.8 Å². The SMILES string of the molecule is Cl.NCCCCC(N)C(=O)Nc1ccc(Nc2ccc(NC(=O)C(N)CCCCN)cc2)cc1. The van der Waals surface area contributed by atoms with Crippen LogP contribution in [0.1, 0.15) is 38.5 Å². The van der Waals surface area contributed by atoms with Gasteiger partial charge < -0.3 is 38.9 Å². The summed E-state index contributed by atoms with van der Waals surface area (Å²) in [4.78, 5) is 24.3. The standard InChI is InChI=1S/C24H37N7O2.ClH/c25-15-3-1-5-21(27)23(32)30-19-11-7-17(8-12-19)29-18-9-13-20(14-10-18)31-24(33)22(28)6-2-4-16-26;/h7-14,21-22,29H,1-6,15-16,25-28H2,(H,30,32)(H,31,33);1H. The number of nitrogens with two attached hydrogens (primary N) is 4. The van der Waals surface area contributed by atoms with Crippen molar-refractivity contribution >= 4 is 47.0 Å². The van der Waals surface area contributed by atoms with Gasteiger partial charge in [0.2, 0.25) is 11.8 Å². The minimum Gasteiger partial charge on any atom is -0.356 e. The summed E-state index contributed by atoms with van der Waals surface area (Å²) in [6.45, 7) is 1.20. The zero-order chi connectivity index (χ0) is 24.1. The third-order valence-electron chi connectivity index (χ3n) is 5.21. The Morgan fingerprint density at radius 1 is 0.618 bits per heavy atom. The van der Waals surface area contributed by atoms with E-state index in [1.165, 1.54) is 0 Å². The third kappa shape index (κ3) is 10.5. The van der Waals surface area contributed by atoms with E-state index in [4.69, 9.17) is 22.9 Å². The summed E-state index contributed by atoms with van der Waals surface area (Å²) in [7, 11) is 0. The third-order valence-corrected chi connectivity index (χ3v) is 5.21. The predicted octanol–water partition coefficient (Wildman–Crippen LogP) is 2.64. The number of hydrogen-bond acceptors (Lipinski definition) is 7. The van der Waals surface area contributed by atoms with E-state index in [-0.39, 0.29) is 24.2 Å². The van der Waals surface area contributed by atoms with Gasteiger partial charge in [0.05, 0.1) is 12.1 Å². The number of rotatable bonds is 14. The number of unbranched alkanes of at least 4 members (excludes halogenated alkanes) is 2. The molecule has 2 amide bonds. The number of carbonyl (C=O) groups is 2. The number of nitrogens with one attached hydrogen (secondary N) is 3. The van der Waals surface area contributed by atoms with Crippen molar-refractivity contribution < 1.29 is 9.59 Å². The van der Waals surface area contributed by atoms with Crippen molar-refractivity contribution in [1.29, 1.82) is 0 Å². The fraction of sp³-hybridized carbons (Fsp3) is 0.417. The fourth-order valence-corrected chi connectivity index (χ4v) is 3.19. The summed E-state index contributed by atoms with van der Waals surface area (Å²) in [5.41, 5.74) is 25.9. The normalized spacial score (nSPS) is 12.2. The van der Waals surface area contributed by atoms with Crippen LogP contribution in [-0.2, 0) is 9.59 Å². The molecule has 10 heteroatoms. The molecular weight excluding hydrogens is 454 g/mol. The zero-order valence-corrected chi connectivity index (χ0v) is 20.3. The maximum Gasteiger partial charge on any atom is 0.241 e. The first-order valence-electron chi connectivity index (χ1n) is 11.4. The molecular formula is C24H38ClN7O2. The average molecular weight is 492 g/mol. The van der Waals surface area contributed by atoms with E-state index >= 15 is 0 Å². The maximum atomic E-state index is 12.2. The molecule has 0 aliphatic heterocycles. The lowest BCUT2D eigenvalue weighted by molar-refractivity contribution is -0.118. The van der Waals surface area contributed by atoms with Gasteiger partial charge in [0.1, 0.15) is 0 Å². The highest BCUT2D eigenvalue weighted by atomic mass is 35.5. The molecule has 34 heavy (non-hydrogen) atoms. The summed E-state index contributed by atoms with van der Waals surface area (Å²) in [5.74, 6) is -0.408. The Labute approximate surface area is 207 Å². The molecule has 2 atom stereocenters. The number of carbonyl (C=O) groups excluding carboxylic acids is 2. The van der Waals surface area contributed by atoms with Crippen molar-refractivity contribution in [2.24, 2.45) is 22.9 Å². The Balaban J connectivity index is 0.00000578. The van der Waals surface area contributed by atoms with Gasteiger partial charge in [0, 0.05) is 22.7 Å². The summed E-state index contributed by atoms with van der Waals surface area (Å²) in [6.07, 6.45) is 4.60. The molecule has 0 heterocycles. The molecule has 0 aromatic heterocycles. The topological polar surface area (TPSA) is 174 Å². The highest BCUT2D eigenvalue weighted by Crippen LogP contribution is 2.21. The molecule has 0 fully saturated rings. The number of amides is 2. The second-order valence-corrected chi connectivity index (χ2v) is 8.04. The van der Waals surface area contributed by atoms with E-state index in [9.17, 15) is 9.59 Å². The highest BCUT2D eigenvalue weighted by Gasteiger charge is 2.14. The second-order valence-electron chi connectivity index (χ2n) is 8.04. The lowest BCUT2D eigenvalue weighted by Crippen LogP contribution is -2.35. The molecule has 0 spiro atoms. The predicted molar refractivity (Wildman–Crippen MR) is 142 cm³/mol. The van der Waals surface area contributed by atoms with Crippen molar-refractivity contribution in [3.8, 4) is 0 Å². The molecule has 188 valence electrons. The Morgan fingerprint density at radius 2 is 0.941 bits per heavy atom. The number of hydrogen-bond donors (Lipinski definition) is 7. The molecule has 0 bridgehead atoms. The molecule has 0 aliphatic rings. The lowest BCUT2D eigenvalue weighted by Gasteiger charge is -2.14. The van der Waals surface area contributed by atoms with Crippen molar-refractivity contribution in [2.75, 3.05) is 29.0 Å². The van der Waals surface area contributed by atoms with Gasteiger partial charge in [0.15, 0.2) is 0 Å². The first-order valence-corrected chi connectivity index (χ1v) is 11.4. The molecule has 0 aliphatic carbocycles. The van der Waals surface area contributed by atoms with Gasteiger partial charge >= 0.3 is 0 Å². The molecule has 2 aromatic carbocycles. The van der Waals surface area contributed by atoms with E-state index < -0.39 is 12.1 Å². The molecule has 0 saturated heterocycles. The molecule has 0 saturated carbocycles. The zero-order valence-electron chi connectivity index (χ0n) is 19.5. The molecule has 11 N–H and O–H groups in total. The van der Waals surface area contributed by atoms with Gasteiger partial charge in [-0.25, -0.2) is 0 Å². The van der Waals surface area contributed by atoms with Crippen molar-refractivity contribution in [3.05, 3.63) is 48.5 Å². The van der Waals surface area contributed by atoms with Gasteiger partial charge in [-0.3, -0.25) is 9.59 Å². The number of anilines is 4. The van der Waals surface area contributed by atoms with Crippen LogP contribution in [0.3, 0.4) is 0 Å². The minimum atomic E-state index is -0.547. The number of benzene rings is 2. The van der Waals surface area contributed by atoms with Crippen molar-refractivity contribution in [3.63, 3.8) is 0 Å². The van der Waals surface area contributed by atoms with Crippen LogP contribution in [0.4, 0.5) is 22.7 Å². The number of halogens is 1. The van der Waals surface area contributed by atoms with Crippen LogP contribution >= 0.6 is 12.4 Å². The van der Waals surface area contributed by atoms with Gasteiger partial charge in [0.25, 0.3) is 0 Å². The monoisotopic (exact) mass is 491 g/mol. The molecule has 2 rings (SSSR count). The van der Waals surface area contributed by atoms with Crippen LogP contribution in [0.15, 0.2) is 48.5 Å². The van der Waals surface area contributed by atoms with Crippen molar-refractivity contribution in [1.82, 2.24) is 0 Å². The van der Waals surface area contributed by atoms with E-state index in [1.54, 1.807) is 0 Å². The van der Waals surface area contributed by atoms with Crippen LogP contribution in [0.5, 0.6) is 0 Å². The van der Waals surface area contributed by atoms with Crippen LogP contribution in [0, 0.1) is 0 Å². The van der Waals surface area contributed by atoms with Crippen LogP contribution in [0.2, 0.25) is 0 Å². The van der Waals surface area contributed by atoms with Crippen molar-refractivity contribution in [2.45, 2.75) is 50.6 Å². The van der Waals surface area contributed by atoms with E-state index in [0.29, 0.717) is 37.3 Å². The smallest absolute Gasteiger partial charge is 0.241 e. The molecule has 2 unspecified atom stereocenters. The second kappa shape index (κ2) is 16.0. The summed E-state index contributed by atoms with van der Waals surface area (Å²) in [6, 6.07) is 13.6. The highest BCUT2D eigenvalue weighted by molar-refractivity contribution is 5.95. The van der Waals surface area contributed by atoms with E-state index in [0.717, 1.165) is 37.1 Å². The minimum absolute atomic E-state index is 0. The maximum absolute atomic E-state index is 12.2. The Kier molecular flexibility index (Phi) is 13.8. The lowest BCUT2D eigenvalue weighted by atomic mass is 10.1. The summed E-state index contributed by atoms with van der Waals surface area (Å²) < 4.78 is 0. The molecule has 9 nitrogen and oxygen atoms in total. The van der Waals surface area contributed by atoms with Crippen LogP contribution in [0.25, 0.3) is 0 Å². The summed E-state index contributed by atoms with van der Waals surface area (Å²) >= 11 is 0. The molecule has 2 aromatic rings. The van der Waals surface area contributed by atoms with Crippen LogP contribution < -0.4 is 38.9 Å². The Morgan fingerprint density at radius 3 is 1.26 bits per heavy atom. The summed E-state index contributed by atoms with van der Waals surface area (Å²) in [5, 5.41) is 8.94. The van der Waals surface area contributed by atoms with Crippen LogP contribution in [-0.4, -0.2) is 37.0 Å².